The van der Waals surface area contributed by atoms with Gasteiger partial charge < -0.3 is 15.0 Å². The first-order valence-electron chi connectivity index (χ1n) is 11.5. The summed E-state index contributed by atoms with van der Waals surface area (Å²) in [6.45, 7) is 7.22. The Bertz CT molecular complexity index is 1180. The van der Waals surface area contributed by atoms with Crippen molar-refractivity contribution in [2.45, 2.75) is 37.5 Å². The summed E-state index contributed by atoms with van der Waals surface area (Å²) in [5.41, 5.74) is 2.28. The molecular weight excluding hydrogens is 454 g/mol. The van der Waals surface area contributed by atoms with E-state index in [4.69, 9.17) is 4.74 Å². The van der Waals surface area contributed by atoms with E-state index in [0.29, 0.717) is 36.6 Å². The molecule has 0 spiro atoms. The molecule has 1 N–H and O–H groups in total. The van der Waals surface area contributed by atoms with Crippen molar-refractivity contribution < 1.29 is 22.7 Å². The van der Waals surface area contributed by atoms with Crippen LogP contribution in [0.25, 0.3) is 5.70 Å². The number of ether oxygens (including phenoxy) is 1. The Labute approximate surface area is 200 Å². The highest BCUT2D eigenvalue weighted by Crippen LogP contribution is 2.33. The maximum absolute atomic E-state index is 13.3. The Morgan fingerprint density at radius 1 is 1.09 bits per heavy atom. The number of rotatable bonds is 8. The number of nitrogens with one attached hydrogen (secondary N) is 1. The van der Waals surface area contributed by atoms with Gasteiger partial charge in [-0.05, 0) is 44.0 Å². The van der Waals surface area contributed by atoms with Crippen LogP contribution >= 0.6 is 0 Å². The van der Waals surface area contributed by atoms with Crippen LogP contribution in [0.4, 0.5) is 5.69 Å². The van der Waals surface area contributed by atoms with Crippen LogP contribution in [0.2, 0.25) is 0 Å². The zero-order chi connectivity index (χ0) is 24.3. The van der Waals surface area contributed by atoms with Gasteiger partial charge in [-0.15, -0.1) is 0 Å². The second-order valence-corrected chi connectivity index (χ2v) is 10.2. The van der Waals surface area contributed by atoms with Gasteiger partial charge in [0.2, 0.25) is 15.9 Å². The molecule has 0 bridgehead atoms. The fourth-order valence-electron chi connectivity index (χ4n) is 4.31. The lowest BCUT2D eigenvalue weighted by Gasteiger charge is -2.27. The van der Waals surface area contributed by atoms with Crippen molar-refractivity contribution in [1.82, 2.24) is 9.21 Å². The van der Waals surface area contributed by atoms with E-state index >= 15 is 0 Å². The molecule has 2 aromatic rings. The van der Waals surface area contributed by atoms with E-state index in [9.17, 15) is 18.0 Å². The zero-order valence-electron chi connectivity index (χ0n) is 19.2. The molecule has 1 fully saturated rings. The lowest BCUT2D eigenvalue weighted by atomic mass is 10.1. The molecule has 8 nitrogen and oxygen atoms in total. The third kappa shape index (κ3) is 4.71. The van der Waals surface area contributed by atoms with Gasteiger partial charge in [0.15, 0.2) is 0 Å². The van der Waals surface area contributed by atoms with Crippen LogP contribution in [-0.2, 0) is 14.8 Å². The molecule has 2 amide bonds. The molecule has 0 radical (unpaired) electrons. The summed E-state index contributed by atoms with van der Waals surface area (Å²) < 4.78 is 33.6. The number of nitrogens with zero attached hydrogens (tertiary/aromatic N) is 2. The molecule has 180 valence electrons. The summed E-state index contributed by atoms with van der Waals surface area (Å²) in [5.74, 6) is -0.241. The van der Waals surface area contributed by atoms with E-state index in [-0.39, 0.29) is 35.4 Å². The van der Waals surface area contributed by atoms with Crippen molar-refractivity contribution in [1.29, 1.82) is 0 Å². The maximum Gasteiger partial charge on any atom is 0.258 e. The second kappa shape index (κ2) is 9.99. The lowest BCUT2D eigenvalue weighted by molar-refractivity contribution is -0.116. The third-order valence-corrected chi connectivity index (χ3v) is 7.98. The number of fused-ring (bicyclic) bond motifs is 1. The number of piperidine rings is 1. The smallest absolute Gasteiger partial charge is 0.258 e. The van der Waals surface area contributed by atoms with Crippen LogP contribution in [0.3, 0.4) is 0 Å². The van der Waals surface area contributed by atoms with Gasteiger partial charge >= 0.3 is 0 Å². The van der Waals surface area contributed by atoms with Gasteiger partial charge in [0, 0.05) is 48.6 Å². The predicted molar refractivity (Wildman–Crippen MR) is 130 cm³/mol. The highest BCUT2D eigenvalue weighted by atomic mass is 32.2. The van der Waals surface area contributed by atoms with Crippen molar-refractivity contribution in [3.05, 3.63) is 60.2 Å². The summed E-state index contributed by atoms with van der Waals surface area (Å²) in [6, 6.07) is 11.8. The Hall–Kier alpha value is -3.17. The first-order valence-corrected chi connectivity index (χ1v) is 12.9. The average Bonchev–Trinajstić information content (AvgIpc) is 3.09. The van der Waals surface area contributed by atoms with Crippen molar-refractivity contribution in [2.24, 2.45) is 0 Å². The Kier molecular flexibility index (Phi) is 7.04. The van der Waals surface area contributed by atoms with Crippen LogP contribution in [0, 0.1) is 0 Å². The van der Waals surface area contributed by atoms with Crippen molar-refractivity contribution in [3.8, 4) is 5.75 Å². The quantitative estimate of drug-likeness (QED) is 0.617. The minimum atomic E-state index is -3.75. The first-order chi connectivity index (χ1) is 16.3. The van der Waals surface area contributed by atoms with Gasteiger partial charge in [-0.25, -0.2) is 8.42 Å². The SMILES string of the molecule is C=C1c2ccccc2C(=O)N1CCC(=O)Nc1ccc(OCC)c(S(=O)(=O)N2CCCCC2)c1. The highest BCUT2D eigenvalue weighted by Gasteiger charge is 2.31. The molecule has 0 unspecified atom stereocenters. The molecule has 0 saturated carbocycles. The van der Waals surface area contributed by atoms with Crippen LogP contribution < -0.4 is 10.1 Å². The summed E-state index contributed by atoms with van der Waals surface area (Å²) in [7, 11) is -3.75. The topological polar surface area (TPSA) is 96.0 Å². The van der Waals surface area contributed by atoms with Gasteiger partial charge in [0.1, 0.15) is 10.6 Å². The molecule has 0 atom stereocenters. The van der Waals surface area contributed by atoms with Gasteiger partial charge in [-0.2, -0.15) is 4.31 Å². The molecule has 2 heterocycles. The third-order valence-electron chi connectivity index (χ3n) is 6.06. The van der Waals surface area contributed by atoms with Crippen LogP contribution in [0.1, 0.15) is 48.5 Å². The van der Waals surface area contributed by atoms with Gasteiger partial charge in [-0.3, -0.25) is 9.59 Å². The monoisotopic (exact) mass is 483 g/mol. The van der Waals surface area contributed by atoms with E-state index < -0.39 is 10.0 Å². The van der Waals surface area contributed by atoms with E-state index in [1.54, 1.807) is 31.2 Å². The van der Waals surface area contributed by atoms with E-state index in [0.717, 1.165) is 24.8 Å². The number of anilines is 1. The molecule has 0 aromatic heterocycles. The van der Waals surface area contributed by atoms with Crippen LogP contribution in [0.15, 0.2) is 53.9 Å². The molecular formula is C25H29N3O5S. The number of hydrogen-bond acceptors (Lipinski definition) is 5. The zero-order valence-corrected chi connectivity index (χ0v) is 20.1. The molecule has 4 rings (SSSR count). The molecule has 1 saturated heterocycles. The standard InChI is InChI=1S/C25H29N3O5S/c1-3-33-22-12-11-19(17-23(22)34(31,32)27-14-7-4-8-15-27)26-24(29)13-16-28-18(2)20-9-5-6-10-21(20)25(28)30/h5-6,9-12,17H,2-4,7-8,13-16H2,1H3,(H,26,29). The van der Waals surface area contributed by atoms with Crippen LogP contribution in [0.5, 0.6) is 5.75 Å². The lowest BCUT2D eigenvalue weighted by Crippen LogP contribution is -2.35. The first kappa shape index (κ1) is 24.0. The summed E-state index contributed by atoms with van der Waals surface area (Å²) >= 11 is 0. The number of hydrogen-bond donors (Lipinski definition) is 1. The van der Waals surface area contributed by atoms with E-state index in [2.05, 4.69) is 11.9 Å². The van der Waals surface area contributed by atoms with Gasteiger partial charge in [0.25, 0.3) is 5.91 Å². The Morgan fingerprint density at radius 2 is 1.79 bits per heavy atom. The fourth-order valence-corrected chi connectivity index (χ4v) is 5.99. The Morgan fingerprint density at radius 3 is 2.47 bits per heavy atom. The second-order valence-electron chi connectivity index (χ2n) is 8.31. The predicted octanol–water partition coefficient (Wildman–Crippen LogP) is 3.72. The molecule has 2 aliphatic heterocycles. The van der Waals surface area contributed by atoms with Crippen molar-refractivity contribution in [3.63, 3.8) is 0 Å². The summed E-state index contributed by atoms with van der Waals surface area (Å²) in [4.78, 5) is 26.8. The minimum absolute atomic E-state index is 0.0418. The number of carbonyl (C=O) groups is 2. The largest absolute Gasteiger partial charge is 0.492 e. The van der Waals surface area contributed by atoms with Crippen LogP contribution in [-0.4, -0.2) is 55.7 Å². The number of sulfonamides is 1. The number of amides is 2. The van der Waals surface area contributed by atoms with Crippen molar-refractivity contribution >= 4 is 33.2 Å². The highest BCUT2D eigenvalue weighted by molar-refractivity contribution is 7.89. The maximum atomic E-state index is 13.3. The van der Waals surface area contributed by atoms with E-state index in [1.807, 2.05) is 12.1 Å². The van der Waals surface area contributed by atoms with E-state index in [1.165, 1.54) is 15.3 Å². The summed E-state index contributed by atoms with van der Waals surface area (Å²) in [6.07, 6.45) is 2.70. The van der Waals surface area contributed by atoms with Crippen molar-refractivity contribution in [2.75, 3.05) is 31.6 Å². The Balaban J connectivity index is 1.46. The average molecular weight is 484 g/mol. The molecule has 34 heavy (non-hydrogen) atoms. The normalized spacial score (nSPS) is 16.4. The van der Waals surface area contributed by atoms with Gasteiger partial charge in [0.05, 0.1) is 6.61 Å². The number of carbonyl (C=O) groups excluding carboxylic acids is 2. The van der Waals surface area contributed by atoms with Gasteiger partial charge in [-0.1, -0.05) is 31.2 Å². The molecule has 2 aromatic carbocycles. The number of benzene rings is 2. The fraction of sp³-hybridized carbons (Fsp3) is 0.360. The molecule has 9 heteroatoms. The summed E-state index contributed by atoms with van der Waals surface area (Å²) in [5, 5.41) is 2.76. The molecule has 2 aliphatic rings. The molecule has 0 aliphatic carbocycles. The minimum Gasteiger partial charge on any atom is -0.492 e.